The van der Waals surface area contributed by atoms with Crippen molar-refractivity contribution in [2.24, 2.45) is 28.6 Å². The SMILES string of the molecule is CC(C)C12C=CC(C)(CC1)C(C(=O)[O-])C2C(=O)[O-].[Ba+2]. The zero-order valence-electron chi connectivity index (χ0n) is 11.6. The molecule has 4 nitrogen and oxygen atoms in total. The Balaban J connectivity index is 0.00000180. The molecule has 0 spiro atoms. The number of carboxylic acids is 2. The molecule has 0 heterocycles. The van der Waals surface area contributed by atoms with Gasteiger partial charge in [-0.2, -0.15) is 0 Å². The van der Waals surface area contributed by atoms with E-state index in [0.717, 1.165) is 0 Å². The van der Waals surface area contributed by atoms with Gasteiger partial charge < -0.3 is 19.8 Å². The number of carbonyl (C=O) groups is 2. The smallest absolute Gasteiger partial charge is 0.550 e. The molecule has 0 amide bonds. The summed E-state index contributed by atoms with van der Waals surface area (Å²) in [4.78, 5) is 22.9. The summed E-state index contributed by atoms with van der Waals surface area (Å²) < 4.78 is 0. The standard InChI is InChI=1S/C14H20O4.Ba/c1-8(2)14-6-4-13(3,5-7-14)9(11(15)16)10(14)12(17)18;/h4,6,8-10H,5,7H2,1-3H3,(H,15,16)(H,17,18);/q;+2/p-2. The monoisotopic (exact) mass is 388 g/mol. The molecular weight excluding hydrogens is 369 g/mol. The Labute approximate surface area is 153 Å². The van der Waals surface area contributed by atoms with Gasteiger partial charge in [-0.05, 0) is 29.6 Å². The molecule has 0 aromatic heterocycles. The summed E-state index contributed by atoms with van der Waals surface area (Å²) in [5, 5.41) is 22.9. The topological polar surface area (TPSA) is 80.3 Å². The van der Waals surface area contributed by atoms with Gasteiger partial charge in [0.15, 0.2) is 0 Å². The quantitative estimate of drug-likeness (QED) is 0.476. The van der Waals surface area contributed by atoms with E-state index in [-0.39, 0.29) is 54.8 Å². The van der Waals surface area contributed by atoms with Crippen LogP contribution >= 0.6 is 0 Å². The van der Waals surface area contributed by atoms with Gasteiger partial charge >= 0.3 is 48.9 Å². The predicted octanol–water partition coefficient (Wildman–Crippen LogP) is -0.650. The van der Waals surface area contributed by atoms with E-state index in [9.17, 15) is 19.8 Å². The van der Waals surface area contributed by atoms with Gasteiger partial charge in [0.2, 0.25) is 0 Å². The Bertz CT molecular complexity index is 431. The van der Waals surface area contributed by atoms with E-state index >= 15 is 0 Å². The summed E-state index contributed by atoms with van der Waals surface area (Å²) in [5.41, 5.74) is -1.23. The van der Waals surface area contributed by atoms with Crippen molar-refractivity contribution < 1.29 is 19.8 Å². The van der Waals surface area contributed by atoms with E-state index in [2.05, 4.69) is 0 Å². The van der Waals surface area contributed by atoms with Gasteiger partial charge in [0.05, 0.1) is 0 Å². The molecule has 0 aliphatic heterocycles. The van der Waals surface area contributed by atoms with Gasteiger partial charge in [-0.3, -0.25) is 0 Å². The Kier molecular flexibility index (Phi) is 5.07. The van der Waals surface area contributed by atoms with Crippen LogP contribution in [0.2, 0.25) is 0 Å². The molecule has 0 saturated heterocycles. The van der Waals surface area contributed by atoms with Crippen LogP contribution in [0.1, 0.15) is 33.6 Å². The summed E-state index contributed by atoms with van der Waals surface area (Å²) in [6.45, 7) is 5.66. The first kappa shape index (κ1) is 17.3. The second kappa shape index (κ2) is 5.56. The maximum atomic E-state index is 11.5. The van der Waals surface area contributed by atoms with Gasteiger partial charge in [0.1, 0.15) is 0 Å². The van der Waals surface area contributed by atoms with Crippen molar-refractivity contribution in [2.45, 2.75) is 33.6 Å². The minimum absolute atomic E-state index is 0. The Morgan fingerprint density at radius 2 is 1.63 bits per heavy atom. The van der Waals surface area contributed by atoms with E-state index < -0.39 is 34.6 Å². The van der Waals surface area contributed by atoms with Gasteiger partial charge in [0, 0.05) is 23.8 Å². The average Bonchev–Trinajstić information content (AvgIpc) is 2.27. The largest absolute Gasteiger partial charge is 2.00 e. The van der Waals surface area contributed by atoms with Gasteiger partial charge in [-0.1, -0.05) is 32.9 Å². The number of allylic oxidation sites excluding steroid dienone is 2. The Hall–Kier alpha value is 0.251. The van der Waals surface area contributed by atoms with Gasteiger partial charge in [0.25, 0.3) is 0 Å². The molecule has 0 aromatic carbocycles. The molecule has 0 radical (unpaired) electrons. The molecule has 0 aromatic rings. The molecule has 4 unspecified atom stereocenters. The third-order valence-corrected chi connectivity index (χ3v) is 5.08. The molecule has 3 rings (SSSR count). The fourth-order valence-electron chi connectivity index (χ4n) is 3.81. The average molecular weight is 388 g/mol. The number of hydrogen-bond acceptors (Lipinski definition) is 4. The molecule has 3 aliphatic carbocycles. The molecule has 5 heteroatoms. The number of fused-ring (bicyclic) bond motifs is 2. The van der Waals surface area contributed by atoms with Crippen LogP contribution in [0.4, 0.5) is 0 Å². The van der Waals surface area contributed by atoms with Crippen LogP contribution in [0, 0.1) is 28.6 Å². The van der Waals surface area contributed by atoms with Crippen LogP contribution in [-0.4, -0.2) is 60.8 Å². The molecule has 100 valence electrons. The fraction of sp³-hybridized carbons (Fsp3) is 0.714. The van der Waals surface area contributed by atoms with Crippen molar-refractivity contribution in [2.75, 3.05) is 0 Å². The normalized spacial score (nSPS) is 40.0. The first-order valence-corrected chi connectivity index (χ1v) is 6.37. The van der Waals surface area contributed by atoms with Crippen LogP contribution in [0.5, 0.6) is 0 Å². The third kappa shape index (κ3) is 2.46. The van der Waals surface area contributed by atoms with Gasteiger partial charge in [-0.25, -0.2) is 0 Å². The van der Waals surface area contributed by atoms with E-state index in [1.807, 2.05) is 26.0 Å². The van der Waals surface area contributed by atoms with E-state index in [1.165, 1.54) is 0 Å². The molecule has 19 heavy (non-hydrogen) atoms. The molecule has 1 fully saturated rings. The second-order valence-electron chi connectivity index (χ2n) is 6.20. The van der Waals surface area contributed by atoms with Crippen LogP contribution < -0.4 is 10.2 Å². The predicted molar refractivity (Wildman–Crippen MR) is 66.5 cm³/mol. The maximum absolute atomic E-state index is 11.5. The number of hydrogen-bond donors (Lipinski definition) is 0. The zero-order valence-corrected chi connectivity index (χ0v) is 16.1. The number of aliphatic carboxylic acids is 2. The van der Waals surface area contributed by atoms with Crippen LogP contribution in [0.25, 0.3) is 0 Å². The van der Waals surface area contributed by atoms with Crippen LogP contribution in [0.3, 0.4) is 0 Å². The number of rotatable bonds is 3. The zero-order chi connectivity index (χ0) is 13.7. The number of carboxylic acid groups (broad SMARTS) is 2. The van der Waals surface area contributed by atoms with Crippen LogP contribution in [-0.2, 0) is 9.59 Å². The first-order chi connectivity index (χ1) is 8.24. The molecule has 3 aliphatic rings. The van der Waals surface area contributed by atoms with Crippen molar-refractivity contribution in [3.63, 3.8) is 0 Å². The van der Waals surface area contributed by atoms with Gasteiger partial charge in [-0.15, -0.1) is 0 Å². The van der Waals surface area contributed by atoms with Crippen molar-refractivity contribution in [1.29, 1.82) is 0 Å². The summed E-state index contributed by atoms with van der Waals surface area (Å²) in [7, 11) is 0. The summed E-state index contributed by atoms with van der Waals surface area (Å²) in [5.74, 6) is -4.48. The molecular formula is C14H18BaO4. The summed E-state index contributed by atoms with van der Waals surface area (Å²) in [6.07, 6.45) is 5.15. The Morgan fingerprint density at radius 3 is 1.95 bits per heavy atom. The first-order valence-electron chi connectivity index (χ1n) is 6.37. The molecule has 2 bridgehead atoms. The molecule has 0 N–H and O–H groups in total. The maximum Gasteiger partial charge on any atom is 2.00 e. The minimum Gasteiger partial charge on any atom is -0.550 e. The van der Waals surface area contributed by atoms with Crippen molar-refractivity contribution >= 4 is 60.8 Å². The fourth-order valence-corrected chi connectivity index (χ4v) is 3.81. The third-order valence-electron chi connectivity index (χ3n) is 5.08. The number of carbonyl (C=O) groups excluding carboxylic acids is 2. The van der Waals surface area contributed by atoms with Crippen molar-refractivity contribution in [1.82, 2.24) is 0 Å². The van der Waals surface area contributed by atoms with Crippen molar-refractivity contribution in [3.8, 4) is 0 Å². The van der Waals surface area contributed by atoms with Crippen LogP contribution in [0.15, 0.2) is 12.2 Å². The summed E-state index contributed by atoms with van der Waals surface area (Å²) >= 11 is 0. The van der Waals surface area contributed by atoms with E-state index in [0.29, 0.717) is 12.8 Å². The molecule has 4 atom stereocenters. The molecule has 1 saturated carbocycles. The minimum atomic E-state index is -1.28. The second-order valence-corrected chi connectivity index (χ2v) is 6.20. The summed E-state index contributed by atoms with van der Waals surface area (Å²) in [6, 6.07) is 0. The Morgan fingerprint density at radius 1 is 1.11 bits per heavy atom. The van der Waals surface area contributed by atoms with E-state index in [4.69, 9.17) is 0 Å². The van der Waals surface area contributed by atoms with Crippen molar-refractivity contribution in [3.05, 3.63) is 12.2 Å². The van der Waals surface area contributed by atoms with E-state index in [1.54, 1.807) is 6.92 Å².